The minimum absolute atomic E-state index is 0. The Morgan fingerprint density at radius 1 is 0.297 bits per heavy atom. The van der Waals surface area contributed by atoms with Crippen LogP contribution in [0.15, 0.2) is 322 Å². The van der Waals surface area contributed by atoms with Gasteiger partial charge in [-0.2, -0.15) is 11.3 Å². The molecule has 0 atom stereocenters. The van der Waals surface area contributed by atoms with Gasteiger partial charge in [-0.25, -0.2) is 0 Å². The second-order valence-corrected chi connectivity index (χ2v) is 52.4. The number of aryl methyl sites for hydroxylation is 1. The van der Waals surface area contributed by atoms with Gasteiger partial charge in [-0.3, -0.25) is 0 Å². The maximum atomic E-state index is 4.94. The monoisotopic (exact) mass is 2280 g/mol. The first-order valence-electron chi connectivity index (χ1n) is 43.7. The van der Waals surface area contributed by atoms with Gasteiger partial charge in [0.05, 0.1) is 24.2 Å². The van der Waals surface area contributed by atoms with Gasteiger partial charge in [0.25, 0.3) is 0 Å². The summed E-state index contributed by atoms with van der Waals surface area (Å²) in [6.45, 7) is 38.6. The van der Waals surface area contributed by atoms with E-state index in [-0.39, 0.29) is 60.3 Å². The predicted octanol–water partition coefficient (Wildman–Crippen LogP) is 28.1. The van der Waals surface area contributed by atoms with E-state index in [9.17, 15) is 0 Å². The quantitative estimate of drug-likeness (QED) is 0.0667. The zero-order chi connectivity index (χ0) is 87.8. The molecule has 10 aromatic carbocycles. The standard InChI is InChI=1S/C30H31N2Si.C26H31N2Si.C24H26NSSi.3C11H8N.3Ir/c1-21(2)17-23-18-27(31-20-30(23)33(3,4)5)22-15-16-26-25-13-9-10-14-28(25)32(29(26)19-22)24-11-7-6-8-12-24;1-7-28-24-11-9-8-10-21(24)22-13-12-19(16-25(22)28)23-15-20(14-18(2)3)26(17-27-23)29(4,5)6;1-16(2)12-18-13-21(25-15-24(18)27(3,4)5)17-10-11-20-19-8-6-7-9-22(19)26-23(20)14-17;3*1-2-6-10(7-3-1)11-8-4-5-9-12-11;;;/h6-14,16,18-21H,17H2,1-5H3;8-11,13,15-18H,7,14H2,1-6H3;6-9,11,13-16H,12H2,1-5H3;3*1-6,8-9H;;;/q6*-1;;;. The van der Waals surface area contributed by atoms with Crippen molar-refractivity contribution in [2.24, 2.45) is 17.8 Å². The molecule has 9 aromatic heterocycles. The molecule has 15 heteroatoms. The molecule has 0 unspecified atom stereocenters. The molecule has 0 spiro atoms. The van der Waals surface area contributed by atoms with Crippen molar-refractivity contribution in [2.45, 2.75) is 133 Å². The Bertz CT molecular complexity index is 6480. The Labute approximate surface area is 806 Å². The Morgan fingerprint density at radius 2 is 0.648 bits per heavy atom. The summed E-state index contributed by atoms with van der Waals surface area (Å²) in [7, 11) is -4.30. The van der Waals surface area contributed by atoms with Crippen molar-refractivity contribution in [1.29, 1.82) is 0 Å². The maximum Gasteiger partial charge on any atom is 0.0798 e. The summed E-state index contributed by atoms with van der Waals surface area (Å²) in [6, 6.07) is 118. The number of hydrogen-bond acceptors (Lipinski definition) is 7. The van der Waals surface area contributed by atoms with Gasteiger partial charge in [0.15, 0.2) is 0 Å². The largest absolute Gasteiger partial charge is 0.359 e. The van der Waals surface area contributed by atoms with Gasteiger partial charge < -0.3 is 39.0 Å². The predicted molar refractivity (Wildman–Crippen MR) is 542 cm³/mol. The third-order valence-corrected chi connectivity index (χ3v) is 29.3. The van der Waals surface area contributed by atoms with E-state index < -0.39 is 24.2 Å². The van der Waals surface area contributed by atoms with Crippen molar-refractivity contribution in [3.63, 3.8) is 0 Å². The van der Waals surface area contributed by atoms with Gasteiger partial charge in [-0.05, 0) is 174 Å². The van der Waals surface area contributed by atoms with Crippen LogP contribution in [0.1, 0.15) is 65.2 Å². The molecule has 0 aliphatic rings. The number of thiophene rings is 1. The minimum Gasteiger partial charge on any atom is -0.359 e. The molecule has 19 rings (SSSR count). The van der Waals surface area contributed by atoms with E-state index in [1.54, 1.807) is 18.6 Å². The van der Waals surface area contributed by atoms with E-state index in [0.717, 1.165) is 93.4 Å². The zero-order valence-corrected chi connectivity index (χ0v) is 87.1. The zero-order valence-electron chi connectivity index (χ0n) is 76.1. The maximum absolute atomic E-state index is 4.94. The van der Waals surface area contributed by atoms with Gasteiger partial charge in [0, 0.05) is 125 Å². The third kappa shape index (κ3) is 24.5. The van der Waals surface area contributed by atoms with Crippen LogP contribution < -0.4 is 15.6 Å². The fraction of sp³-hybridized carbons (Fsp3) is 0.204. The number of benzene rings is 10. The molecular weight excluding hydrogens is 2160 g/mol. The number of aromatic nitrogens is 8. The van der Waals surface area contributed by atoms with Crippen molar-refractivity contribution >= 4 is 115 Å². The van der Waals surface area contributed by atoms with Crippen LogP contribution >= 0.6 is 11.3 Å². The summed E-state index contributed by atoms with van der Waals surface area (Å²) in [4.78, 5) is 27.3. The summed E-state index contributed by atoms with van der Waals surface area (Å²) in [5.41, 5.74) is 22.9. The molecule has 19 aromatic rings. The fourth-order valence-electron chi connectivity index (χ4n) is 16.2. The van der Waals surface area contributed by atoms with Crippen LogP contribution in [-0.2, 0) is 86.1 Å². The first-order chi connectivity index (χ1) is 60.3. The molecule has 0 aliphatic carbocycles. The normalized spacial score (nSPS) is 11.3. The Hall–Kier alpha value is -10.5. The molecule has 0 saturated carbocycles. The van der Waals surface area contributed by atoms with Crippen LogP contribution in [0.25, 0.3) is 137 Å². The van der Waals surface area contributed by atoms with Crippen molar-refractivity contribution in [2.75, 3.05) is 0 Å². The molecule has 8 nitrogen and oxygen atoms in total. The molecule has 0 bridgehead atoms. The molecular formula is C113H112Ir3N8SSi3-6. The number of fused-ring (bicyclic) bond motifs is 9. The van der Waals surface area contributed by atoms with Crippen LogP contribution in [0, 0.1) is 54.2 Å². The first-order valence-corrected chi connectivity index (χ1v) is 55.1. The smallest absolute Gasteiger partial charge is 0.0798 e. The number of rotatable bonds is 17. The molecule has 0 aliphatic heterocycles. The molecule has 0 amide bonds. The summed E-state index contributed by atoms with van der Waals surface area (Å²) in [6.07, 6.45) is 15.1. The van der Waals surface area contributed by atoms with Crippen LogP contribution in [-0.4, -0.2) is 63.3 Å². The van der Waals surface area contributed by atoms with Crippen molar-refractivity contribution in [3.05, 3.63) is 375 Å². The fourth-order valence-corrected chi connectivity index (χ4v) is 22.1. The number of pyridine rings is 6. The summed E-state index contributed by atoms with van der Waals surface area (Å²) < 4.78 is 7.40. The van der Waals surface area contributed by atoms with Gasteiger partial charge in [-0.15, -0.1) is 179 Å². The summed E-state index contributed by atoms with van der Waals surface area (Å²) in [5.74, 6) is 1.89. The Morgan fingerprint density at radius 3 is 1.04 bits per heavy atom. The Balaban J connectivity index is 0.000000155. The Kier molecular flexibility index (Phi) is 34.6. The number of para-hydroxylation sites is 3. The van der Waals surface area contributed by atoms with Crippen LogP contribution in [0.2, 0.25) is 58.9 Å². The van der Waals surface area contributed by atoms with E-state index in [4.69, 9.17) is 15.0 Å². The van der Waals surface area contributed by atoms with Gasteiger partial charge in [-0.1, -0.05) is 261 Å². The second kappa shape index (κ2) is 45.2. The molecule has 0 N–H and O–H groups in total. The average molecular weight is 2280 g/mol. The van der Waals surface area contributed by atoms with Gasteiger partial charge >= 0.3 is 0 Å². The summed E-state index contributed by atoms with van der Waals surface area (Å²) in [5, 5.41) is 12.1. The van der Waals surface area contributed by atoms with E-state index in [1.165, 1.54) is 102 Å². The van der Waals surface area contributed by atoms with Crippen molar-refractivity contribution < 1.29 is 60.3 Å². The van der Waals surface area contributed by atoms with E-state index >= 15 is 0 Å². The van der Waals surface area contributed by atoms with E-state index in [0.29, 0.717) is 17.8 Å². The minimum atomic E-state index is -1.46. The van der Waals surface area contributed by atoms with Crippen molar-refractivity contribution in [3.8, 4) is 73.2 Å². The third-order valence-electron chi connectivity index (χ3n) is 22.0. The second-order valence-electron chi connectivity index (χ2n) is 36.2. The first kappa shape index (κ1) is 98.1. The van der Waals surface area contributed by atoms with Crippen LogP contribution in [0.4, 0.5) is 0 Å². The molecule has 0 saturated heterocycles. The van der Waals surface area contributed by atoms with E-state index in [2.05, 4.69) is 344 Å². The summed E-state index contributed by atoms with van der Waals surface area (Å²) >= 11 is 1.85. The number of nitrogens with zero attached hydrogens (tertiary/aromatic N) is 8. The average Bonchev–Trinajstić information content (AvgIpc) is 1.59. The van der Waals surface area contributed by atoms with Crippen LogP contribution in [0.3, 0.4) is 0 Å². The SMILES string of the molecule is CC(C)Cc1cc(-c2[c-]cc3c(c2)sc2ccccc23)ncc1[Si](C)(C)C.CC(C)Cc1cc(-c2[c-]cc3c4ccccc4n(-c4ccccc4)c3c2)ncc1[Si](C)(C)C.CCn1c2ccccc2c2c[c-]c(-c3cc(CC(C)C)c([Si](C)(C)C)cn3)cc21.[Ir].[Ir].[Ir].[c-]1ccccc1-c1ccccn1.[c-]1ccccc1-c1ccccn1.[c-]1ccccc1-c1ccccn1. The van der Waals surface area contributed by atoms with Crippen LogP contribution in [0.5, 0.6) is 0 Å². The van der Waals surface area contributed by atoms with Crippen molar-refractivity contribution in [1.82, 2.24) is 39.0 Å². The molecule has 3 radical (unpaired) electrons. The molecule has 655 valence electrons. The molecule has 9 heterocycles. The topological polar surface area (TPSA) is 87.2 Å². The molecule has 0 fully saturated rings. The van der Waals surface area contributed by atoms with Gasteiger partial charge in [0.1, 0.15) is 0 Å². The van der Waals surface area contributed by atoms with E-state index in [1.807, 2.05) is 139 Å². The number of hydrogen-bond donors (Lipinski definition) is 0. The van der Waals surface area contributed by atoms with Gasteiger partial charge in [0.2, 0.25) is 0 Å². The molecule has 128 heavy (non-hydrogen) atoms.